The normalized spacial score (nSPS) is 15.7. The predicted octanol–water partition coefficient (Wildman–Crippen LogP) is 4.03. The quantitative estimate of drug-likeness (QED) is 0.482. The van der Waals surface area contributed by atoms with Gasteiger partial charge in [-0.15, -0.1) is 5.10 Å². The zero-order chi connectivity index (χ0) is 21.9. The number of aromatic nitrogens is 3. The Labute approximate surface area is 187 Å². The van der Waals surface area contributed by atoms with Crippen LogP contribution in [0.5, 0.6) is 0 Å². The first-order valence-electron chi connectivity index (χ1n) is 11.0. The van der Waals surface area contributed by atoms with E-state index in [0.29, 0.717) is 5.95 Å². The fourth-order valence-corrected chi connectivity index (χ4v) is 3.97. The molecule has 4 aromatic rings. The van der Waals surface area contributed by atoms with Crippen LogP contribution in [0.3, 0.4) is 0 Å². The molecule has 0 spiro atoms. The fourth-order valence-electron chi connectivity index (χ4n) is 3.97. The fraction of sp³-hybridized carbons (Fsp3) is 0.280. The molecule has 7 heteroatoms. The SMILES string of the molecule is CC(O)c1ccc(Nc2nc3c(-c4ccc(CN5CCOCC5)cc4)cccn3n2)cc1. The third-order valence-electron chi connectivity index (χ3n) is 5.79. The summed E-state index contributed by atoms with van der Waals surface area (Å²) in [6.45, 7) is 6.29. The minimum atomic E-state index is -0.486. The van der Waals surface area contributed by atoms with Gasteiger partial charge < -0.3 is 15.2 Å². The first-order valence-corrected chi connectivity index (χ1v) is 11.0. The highest BCUT2D eigenvalue weighted by molar-refractivity contribution is 5.78. The second kappa shape index (κ2) is 9.08. The van der Waals surface area contributed by atoms with E-state index in [9.17, 15) is 5.11 Å². The van der Waals surface area contributed by atoms with E-state index in [2.05, 4.69) is 45.6 Å². The van der Waals surface area contributed by atoms with Gasteiger partial charge in [0.15, 0.2) is 5.65 Å². The molecule has 1 saturated heterocycles. The number of benzene rings is 2. The van der Waals surface area contributed by atoms with E-state index in [1.807, 2.05) is 36.5 Å². The number of fused-ring (bicyclic) bond motifs is 1. The summed E-state index contributed by atoms with van der Waals surface area (Å²) in [4.78, 5) is 7.15. The first-order chi connectivity index (χ1) is 15.7. The summed E-state index contributed by atoms with van der Waals surface area (Å²) in [6, 6.07) is 20.4. The van der Waals surface area contributed by atoms with Crippen LogP contribution in [-0.2, 0) is 11.3 Å². The number of nitrogens with zero attached hydrogens (tertiary/aromatic N) is 4. The molecule has 32 heavy (non-hydrogen) atoms. The van der Waals surface area contributed by atoms with Crippen molar-refractivity contribution in [1.29, 1.82) is 0 Å². The number of aliphatic hydroxyl groups excluding tert-OH is 1. The standard InChI is InChI=1S/C25H27N5O2/c1-18(31)20-8-10-22(11-9-20)26-25-27-24-23(3-2-12-30(24)28-25)21-6-4-19(5-7-21)17-29-13-15-32-16-14-29/h2-12,18,31H,13-17H2,1H3,(H,26,28). The number of nitrogens with one attached hydrogen (secondary N) is 1. The van der Waals surface area contributed by atoms with Crippen LogP contribution in [0.4, 0.5) is 11.6 Å². The summed E-state index contributed by atoms with van der Waals surface area (Å²) in [5, 5.41) is 17.5. The maximum Gasteiger partial charge on any atom is 0.247 e. The molecule has 164 valence electrons. The van der Waals surface area contributed by atoms with Crippen LogP contribution in [-0.4, -0.2) is 50.9 Å². The number of hydrogen-bond donors (Lipinski definition) is 2. The van der Waals surface area contributed by atoms with Crippen LogP contribution in [0.25, 0.3) is 16.8 Å². The average molecular weight is 430 g/mol. The van der Waals surface area contributed by atoms with Gasteiger partial charge in [0.1, 0.15) is 0 Å². The molecule has 1 aliphatic heterocycles. The maximum atomic E-state index is 9.68. The van der Waals surface area contributed by atoms with Gasteiger partial charge in [-0.3, -0.25) is 4.90 Å². The lowest BCUT2D eigenvalue weighted by atomic mass is 10.0. The minimum absolute atomic E-state index is 0.486. The van der Waals surface area contributed by atoms with Gasteiger partial charge >= 0.3 is 0 Å². The molecule has 1 unspecified atom stereocenters. The molecule has 2 N–H and O–H groups in total. The summed E-state index contributed by atoms with van der Waals surface area (Å²) in [7, 11) is 0. The van der Waals surface area contributed by atoms with E-state index in [-0.39, 0.29) is 0 Å². The third-order valence-corrected chi connectivity index (χ3v) is 5.79. The number of pyridine rings is 1. The van der Waals surface area contributed by atoms with E-state index < -0.39 is 6.10 Å². The molecule has 0 bridgehead atoms. The van der Waals surface area contributed by atoms with Crippen LogP contribution in [0, 0.1) is 0 Å². The van der Waals surface area contributed by atoms with Crippen molar-refractivity contribution in [1.82, 2.24) is 19.5 Å². The van der Waals surface area contributed by atoms with Crippen molar-refractivity contribution in [3.63, 3.8) is 0 Å². The Morgan fingerprint density at radius 1 is 1.03 bits per heavy atom. The first kappa shape index (κ1) is 20.6. The molecule has 2 aromatic heterocycles. The Hall–Kier alpha value is -3.26. The lowest BCUT2D eigenvalue weighted by Crippen LogP contribution is -2.35. The molecule has 0 saturated carbocycles. The van der Waals surface area contributed by atoms with Crippen LogP contribution in [0.2, 0.25) is 0 Å². The Kier molecular flexibility index (Phi) is 5.85. The lowest BCUT2D eigenvalue weighted by molar-refractivity contribution is 0.0342. The summed E-state index contributed by atoms with van der Waals surface area (Å²) in [6.07, 6.45) is 1.42. The number of anilines is 2. The predicted molar refractivity (Wildman–Crippen MR) is 125 cm³/mol. The molecule has 0 radical (unpaired) electrons. The lowest BCUT2D eigenvalue weighted by Gasteiger charge is -2.26. The molecule has 7 nitrogen and oxygen atoms in total. The van der Waals surface area contributed by atoms with Crippen LogP contribution in [0.15, 0.2) is 66.9 Å². The molecular weight excluding hydrogens is 402 g/mol. The van der Waals surface area contributed by atoms with Crippen molar-refractivity contribution >= 4 is 17.3 Å². The van der Waals surface area contributed by atoms with Gasteiger partial charge in [0.05, 0.1) is 19.3 Å². The van der Waals surface area contributed by atoms with E-state index in [1.54, 1.807) is 11.4 Å². The van der Waals surface area contributed by atoms with Gasteiger partial charge in [-0.05, 0) is 47.9 Å². The van der Waals surface area contributed by atoms with Crippen LogP contribution >= 0.6 is 0 Å². The van der Waals surface area contributed by atoms with Gasteiger partial charge in [-0.2, -0.15) is 4.98 Å². The third kappa shape index (κ3) is 4.50. The largest absolute Gasteiger partial charge is 0.389 e. The second-order valence-electron chi connectivity index (χ2n) is 8.13. The summed E-state index contributed by atoms with van der Waals surface area (Å²) < 4.78 is 7.23. The summed E-state index contributed by atoms with van der Waals surface area (Å²) in [5.41, 5.74) is 6.00. The molecule has 2 aromatic carbocycles. The van der Waals surface area contributed by atoms with Crippen LogP contribution < -0.4 is 5.32 Å². The number of aliphatic hydroxyl groups is 1. The molecule has 0 aliphatic carbocycles. The van der Waals surface area contributed by atoms with Gasteiger partial charge in [-0.25, -0.2) is 4.52 Å². The monoisotopic (exact) mass is 429 g/mol. The molecule has 1 fully saturated rings. The highest BCUT2D eigenvalue weighted by atomic mass is 16.5. The topological polar surface area (TPSA) is 74.9 Å². The maximum absolute atomic E-state index is 9.68. The molecular formula is C25H27N5O2. The Bertz CT molecular complexity index is 1180. The van der Waals surface area contributed by atoms with Gasteiger partial charge in [0.2, 0.25) is 5.95 Å². The average Bonchev–Trinajstić information content (AvgIpc) is 3.23. The number of ether oxygens (including phenoxy) is 1. The van der Waals surface area contributed by atoms with Gasteiger partial charge in [-0.1, -0.05) is 36.4 Å². The van der Waals surface area contributed by atoms with E-state index in [1.165, 1.54) is 5.56 Å². The molecule has 5 rings (SSSR count). The van der Waals surface area contributed by atoms with Crippen molar-refractivity contribution in [2.75, 3.05) is 31.6 Å². The zero-order valence-electron chi connectivity index (χ0n) is 18.1. The number of morpholine rings is 1. The van der Waals surface area contributed by atoms with Crippen LogP contribution in [0.1, 0.15) is 24.2 Å². The highest BCUT2D eigenvalue weighted by Gasteiger charge is 2.13. The number of hydrogen-bond acceptors (Lipinski definition) is 6. The summed E-state index contributed by atoms with van der Waals surface area (Å²) >= 11 is 0. The molecule has 3 heterocycles. The Morgan fingerprint density at radius 3 is 2.50 bits per heavy atom. The Morgan fingerprint density at radius 2 is 1.78 bits per heavy atom. The van der Waals surface area contributed by atoms with Gasteiger partial charge in [0.25, 0.3) is 0 Å². The summed E-state index contributed by atoms with van der Waals surface area (Å²) in [5.74, 6) is 0.534. The Balaban J connectivity index is 1.36. The molecule has 1 aliphatic rings. The highest BCUT2D eigenvalue weighted by Crippen LogP contribution is 2.26. The smallest absolute Gasteiger partial charge is 0.247 e. The van der Waals surface area contributed by atoms with Crippen molar-refractivity contribution < 1.29 is 9.84 Å². The minimum Gasteiger partial charge on any atom is -0.389 e. The molecule has 0 amide bonds. The zero-order valence-corrected chi connectivity index (χ0v) is 18.1. The van der Waals surface area contributed by atoms with Crippen molar-refractivity contribution in [2.24, 2.45) is 0 Å². The second-order valence-corrected chi connectivity index (χ2v) is 8.13. The van der Waals surface area contributed by atoms with Crippen molar-refractivity contribution in [2.45, 2.75) is 19.6 Å². The van der Waals surface area contributed by atoms with Crippen molar-refractivity contribution in [3.8, 4) is 11.1 Å². The van der Waals surface area contributed by atoms with Gasteiger partial charge in [0, 0.05) is 37.1 Å². The van der Waals surface area contributed by atoms with E-state index in [0.717, 1.165) is 60.9 Å². The van der Waals surface area contributed by atoms with E-state index >= 15 is 0 Å². The molecule has 1 atom stereocenters. The number of rotatable bonds is 6. The van der Waals surface area contributed by atoms with E-state index in [4.69, 9.17) is 9.72 Å². The van der Waals surface area contributed by atoms with Crippen molar-refractivity contribution in [3.05, 3.63) is 78.0 Å².